The Kier molecular flexibility index (Phi) is 3.53. The minimum Gasteiger partial charge on any atom is -0.481 e. The molecule has 0 bridgehead atoms. The summed E-state index contributed by atoms with van der Waals surface area (Å²) in [7, 11) is 0. The molecule has 0 amide bonds. The van der Waals surface area contributed by atoms with Crippen LogP contribution in [0.1, 0.15) is 31.4 Å². The van der Waals surface area contributed by atoms with Gasteiger partial charge in [0.15, 0.2) is 0 Å². The van der Waals surface area contributed by atoms with E-state index in [0.29, 0.717) is 6.42 Å². The van der Waals surface area contributed by atoms with Gasteiger partial charge in [0, 0.05) is 5.54 Å². The molecule has 3 rings (SSSR count). The summed E-state index contributed by atoms with van der Waals surface area (Å²) in [6.45, 7) is 4.09. The van der Waals surface area contributed by atoms with E-state index < -0.39 is 17.4 Å². The molecule has 3 atom stereocenters. The number of aliphatic carboxylic acids is 1. The Morgan fingerprint density at radius 3 is 2.00 bits per heavy atom. The topological polar surface area (TPSA) is 49.3 Å². The van der Waals surface area contributed by atoms with Gasteiger partial charge in [-0.15, -0.1) is 0 Å². The second-order valence-corrected chi connectivity index (χ2v) is 6.49. The first-order chi connectivity index (χ1) is 10.5. The molecule has 1 saturated heterocycles. The van der Waals surface area contributed by atoms with Crippen molar-refractivity contribution in [1.29, 1.82) is 0 Å². The summed E-state index contributed by atoms with van der Waals surface area (Å²) in [6.07, 6.45) is 0.567. The fraction of sp³-hybridized carbons (Fsp3) is 0.316. The van der Waals surface area contributed by atoms with Crippen LogP contribution in [0, 0.1) is 5.92 Å². The van der Waals surface area contributed by atoms with Crippen molar-refractivity contribution in [3.05, 3.63) is 71.8 Å². The van der Waals surface area contributed by atoms with Crippen molar-refractivity contribution >= 4 is 5.97 Å². The lowest BCUT2D eigenvalue weighted by atomic mass is 9.79. The molecule has 0 aliphatic carbocycles. The normalized spacial score (nSPS) is 31.1. The van der Waals surface area contributed by atoms with Crippen LogP contribution < -0.4 is 5.32 Å². The van der Waals surface area contributed by atoms with Crippen LogP contribution in [0.25, 0.3) is 0 Å². The van der Waals surface area contributed by atoms with Crippen molar-refractivity contribution in [2.45, 2.75) is 31.3 Å². The number of carbonyl (C=O) groups is 1. The van der Waals surface area contributed by atoms with E-state index >= 15 is 0 Å². The molecule has 2 aromatic carbocycles. The predicted octanol–water partition coefficient (Wildman–Crippen LogP) is 3.51. The summed E-state index contributed by atoms with van der Waals surface area (Å²) in [5.41, 5.74) is 1.20. The van der Waals surface area contributed by atoms with Crippen molar-refractivity contribution in [3.63, 3.8) is 0 Å². The molecule has 22 heavy (non-hydrogen) atoms. The van der Waals surface area contributed by atoms with Crippen molar-refractivity contribution in [3.8, 4) is 0 Å². The highest BCUT2D eigenvalue weighted by Crippen LogP contribution is 2.47. The van der Waals surface area contributed by atoms with Crippen LogP contribution in [0.3, 0.4) is 0 Å². The minimum absolute atomic E-state index is 0.352. The zero-order valence-electron chi connectivity index (χ0n) is 12.9. The fourth-order valence-electron chi connectivity index (χ4n) is 3.71. The molecule has 3 heteroatoms. The third-order valence-electron chi connectivity index (χ3n) is 4.93. The van der Waals surface area contributed by atoms with Gasteiger partial charge in [0.1, 0.15) is 0 Å². The van der Waals surface area contributed by atoms with Crippen LogP contribution in [0.4, 0.5) is 0 Å². The Morgan fingerprint density at radius 2 is 1.50 bits per heavy atom. The summed E-state index contributed by atoms with van der Waals surface area (Å²) in [5, 5.41) is 13.4. The molecule has 1 fully saturated rings. The van der Waals surface area contributed by atoms with E-state index in [-0.39, 0.29) is 5.54 Å². The Bertz CT molecular complexity index is 670. The molecule has 2 N–H and O–H groups in total. The standard InChI is InChI=1S/C19H21NO2/c1-18(14-9-5-3-6-10-14)13-16(17(21)22)19(2,20-18)15-11-7-4-8-12-15/h3-12,16,20H,13H2,1-2H3,(H,21,22). The molecule has 1 heterocycles. The smallest absolute Gasteiger partial charge is 0.308 e. The van der Waals surface area contributed by atoms with E-state index in [2.05, 4.69) is 24.4 Å². The summed E-state index contributed by atoms with van der Waals surface area (Å²) in [4.78, 5) is 11.9. The first-order valence-corrected chi connectivity index (χ1v) is 7.59. The number of hydrogen-bond acceptors (Lipinski definition) is 2. The number of benzene rings is 2. The van der Waals surface area contributed by atoms with Gasteiger partial charge in [-0.2, -0.15) is 0 Å². The number of carboxylic acids is 1. The van der Waals surface area contributed by atoms with Crippen molar-refractivity contribution in [1.82, 2.24) is 5.32 Å². The summed E-state index contributed by atoms with van der Waals surface area (Å²) in [5.74, 6) is -1.22. The van der Waals surface area contributed by atoms with Gasteiger partial charge in [0.25, 0.3) is 0 Å². The summed E-state index contributed by atoms with van der Waals surface area (Å²) >= 11 is 0. The van der Waals surface area contributed by atoms with Gasteiger partial charge < -0.3 is 5.11 Å². The third-order valence-corrected chi connectivity index (χ3v) is 4.93. The Labute approximate surface area is 131 Å². The molecule has 2 aromatic rings. The van der Waals surface area contributed by atoms with Gasteiger partial charge in [-0.3, -0.25) is 10.1 Å². The zero-order valence-corrected chi connectivity index (χ0v) is 12.9. The van der Waals surface area contributed by atoms with Crippen molar-refractivity contribution in [2.75, 3.05) is 0 Å². The molecule has 0 spiro atoms. The van der Waals surface area contributed by atoms with Crippen LogP contribution in [-0.4, -0.2) is 11.1 Å². The molecule has 0 aromatic heterocycles. The van der Waals surface area contributed by atoms with E-state index in [1.807, 2.05) is 55.5 Å². The average molecular weight is 295 g/mol. The molecule has 0 saturated carbocycles. The molecule has 1 aliphatic rings. The van der Waals surface area contributed by atoms with Crippen LogP contribution in [-0.2, 0) is 15.9 Å². The quantitative estimate of drug-likeness (QED) is 0.911. The fourth-order valence-corrected chi connectivity index (χ4v) is 3.71. The van der Waals surface area contributed by atoms with Gasteiger partial charge in [-0.25, -0.2) is 0 Å². The Balaban J connectivity index is 2.06. The Morgan fingerprint density at radius 1 is 1.00 bits per heavy atom. The largest absolute Gasteiger partial charge is 0.481 e. The molecule has 1 aliphatic heterocycles. The number of nitrogens with one attached hydrogen (secondary N) is 1. The van der Waals surface area contributed by atoms with Crippen LogP contribution in [0.2, 0.25) is 0 Å². The van der Waals surface area contributed by atoms with Crippen LogP contribution in [0.5, 0.6) is 0 Å². The van der Waals surface area contributed by atoms with Gasteiger partial charge in [-0.1, -0.05) is 60.7 Å². The van der Waals surface area contributed by atoms with E-state index in [1.54, 1.807) is 0 Å². The minimum atomic E-state index is -0.751. The van der Waals surface area contributed by atoms with Gasteiger partial charge in [0.05, 0.1) is 11.5 Å². The SMILES string of the molecule is CC1(c2ccccc2)CC(C(=O)O)C(C)(c2ccccc2)N1. The van der Waals surface area contributed by atoms with Gasteiger partial charge >= 0.3 is 5.97 Å². The van der Waals surface area contributed by atoms with E-state index in [0.717, 1.165) is 11.1 Å². The van der Waals surface area contributed by atoms with Gasteiger partial charge in [0.2, 0.25) is 0 Å². The van der Waals surface area contributed by atoms with E-state index in [1.165, 1.54) is 0 Å². The molecule has 114 valence electrons. The van der Waals surface area contributed by atoms with Crippen molar-refractivity contribution in [2.24, 2.45) is 5.92 Å². The second-order valence-electron chi connectivity index (χ2n) is 6.49. The highest BCUT2D eigenvalue weighted by Gasteiger charge is 2.53. The molecule has 3 unspecified atom stereocenters. The van der Waals surface area contributed by atoms with E-state index in [4.69, 9.17) is 0 Å². The maximum Gasteiger partial charge on any atom is 0.308 e. The lowest BCUT2D eigenvalue weighted by molar-refractivity contribution is -0.143. The lowest BCUT2D eigenvalue weighted by Gasteiger charge is -2.33. The second kappa shape index (κ2) is 5.25. The van der Waals surface area contributed by atoms with Crippen LogP contribution >= 0.6 is 0 Å². The first kappa shape index (κ1) is 14.8. The molecule has 0 radical (unpaired) electrons. The maximum absolute atomic E-state index is 11.9. The average Bonchev–Trinajstić information content (AvgIpc) is 2.83. The highest BCUT2D eigenvalue weighted by molar-refractivity contribution is 5.73. The molecular formula is C19H21NO2. The van der Waals surface area contributed by atoms with Crippen molar-refractivity contribution < 1.29 is 9.90 Å². The molecule has 3 nitrogen and oxygen atoms in total. The third kappa shape index (κ3) is 2.32. The highest BCUT2D eigenvalue weighted by atomic mass is 16.4. The maximum atomic E-state index is 11.9. The number of carboxylic acid groups (broad SMARTS) is 1. The zero-order chi connectivity index (χ0) is 15.8. The predicted molar refractivity (Wildman–Crippen MR) is 86.5 cm³/mol. The number of rotatable bonds is 3. The monoisotopic (exact) mass is 295 g/mol. The number of hydrogen-bond donors (Lipinski definition) is 2. The summed E-state index contributed by atoms with van der Waals surface area (Å²) < 4.78 is 0. The van der Waals surface area contributed by atoms with E-state index in [9.17, 15) is 9.90 Å². The first-order valence-electron chi connectivity index (χ1n) is 7.59. The Hall–Kier alpha value is -2.13. The molecular weight excluding hydrogens is 274 g/mol. The lowest BCUT2D eigenvalue weighted by Crippen LogP contribution is -2.46. The summed E-state index contributed by atoms with van der Waals surface area (Å²) in [6, 6.07) is 20.0. The van der Waals surface area contributed by atoms with Gasteiger partial charge in [-0.05, 0) is 31.4 Å². The van der Waals surface area contributed by atoms with Crippen LogP contribution in [0.15, 0.2) is 60.7 Å².